The van der Waals surface area contributed by atoms with Crippen molar-refractivity contribution in [2.75, 3.05) is 0 Å². The summed E-state index contributed by atoms with van der Waals surface area (Å²) in [6.45, 7) is 3.98. The second-order valence-corrected chi connectivity index (χ2v) is 4.24. The fourth-order valence-electron chi connectivity index (χ4n) is 1.55. The number of carboxylic acid groups (broad SMARTS) is 1. The van der Waals surface area contributed by atoms with E-state index in [0.717, 1.165) is 5.56 Å². The summed E-state index contributed by atoms with van der Waals surface area (Å²) in [4.78, 5) is 11.1. The van der Waals surface area contributed by atoms with E-state index < -0.39 is 5.97 Å². The van der Waals surface area contributed by atoms with Crippen molar-refractivity contribution in [3.8, 4) is 0 Å². The van der Waals surface area contributed by atoms with Gasteiger partial charge in [0.25, 0.3) is 0 Å². The number of carbonyl (C=O) groups is 1. The maximum atomic E-state index is 11.1. The molecule has 0 aliphatic carbocycles. The average molecular weight is 218 g/mol. The van der Waals surface area contributed by atoms with Crippen LogP contribution >= 0.6 is 0 Å². The first-order valence-electron chi connectivity index (χ1n) is 5.49. The van der Waals surface area contributed by atoms with E-state index >= 15 is 0 Å². The normalized spacial score (nSPS) is 11.9. The summed E-state index contributed by atoms with van der Waals surface area (Å²) >= 11 is 0. The monoisotopic (exact) mass is 218 g/mol. The molecule has 2 nitrogen and oxygen atoms in total. The zero-order valence-corrected chi connectivity index (χ0v) is 9.81. The van der Waals surface area contributed by atoms with Crippen molar-refractivity contribution in [3.63, 3.8) is 0 Å². The van der Waals surface area contributed by atoms with Crippen molar-refractivity contribution < 1.29 is 9.90 Å². The third kappa shape index (κ3) is 4.30. The molecule has 0 bridgehead atoms. The molecule has 0 fully saturated rings. The van der Waals surface area contributed by atoms with E-state index in [4.69, 9.17) is 5.11 Å². The van der Waals surface area contributed by atoms with E-state index in [-0.39, 0.29) is 5.92 Å². The molecule has 0 unspecified atom stereocenters. The maximum absolute atomic E-state index is 11.1. The molecule has 0 amide bonds. The molecule has 2 heteroatoms. The van der Waals surface area contributed by atoms with Gasteiger partial charge >= 0.3 is 5.97 Å². The van der Waals surface area contributed by atoms with E-state index in [0.29, 0.717) is 12.8 Å². The Bertz CT molecular complexity index is 362. The first-order valence-corrected chi connectivity index (χ1v) is 5.49. The second kappa shape index (κ2) is 6.11. The van der Waals surface area contributed by atoms with Gasteiger partial charge in [0.05, 0.1) is 5.92 Å². The Hall–Kier alpha value is -1.57. The van der Waals surface area contributed by atoms with Crippen LogP contribution in [0.15, 0.2) is 42.0 Å². The highest BCUT2D eigenvalue weighted by Gasteiger charge is 2.16. The number of benzene rings is 1. The van der Waals surface area contributed by atoms with E-state index in [1.54, 1.807) is 0 Å². The van der Waals surface area contributed by atoms with Crippen LogP contribution in [0.3, 0.4) is 0 Å². The Morgan fingerprint density at radius 1 is 1.31 bits per heavy atom. The summed E-state index contributed by atoms with van der Waals surface area (Å²) in [6, 6.07) is 9.76. The van der Waals surface area contributed by atoms with Crippen LogP contribution in [0.2, 0.25) is 0 Å². The van der Waals surface area contributed by atoms with Crippen molar-refractivity contribution in [2.45, 2.75) is 26.7 Å². The van der Waals surface area contributed by atoms with Crippen LogP contribution in [-0.4, -0.2) is 11.1 Å². The standard InChI is InChI=1S/C14H18O2/c1-11(2)8-9-13(14(15)16)10-12-6-4-3-5-7-12/h3-8,13H,9-10H2,1-2H3,(H,15,16)/t13-/m1/s1. The van der Waals surface area contributed by atoms with Gasteiger partial charge in [-0.1, -0.05) is 42.0 Å². The molecule has 1 aromatic rings. The number of allylic oxidation sites excluding steroid dienone is 2. The number of aliphatic carboxylic acids is 1. The molecule has 0 aliphatic rings. The molecule has 0 aromatic heterocycles. The molecule has 0 saturated heterocycles. The predicted molar refractivity (Wildman–Crippen MR) is 65.3 cm³/mol. The first-order chi connectivity index (χ1) is 7.59. The van der Waals surface area contributed by atoms with Crippen molar-refractivity contribution >= 4 is 5.97 Å². The highest BCUT2D eigenvalue weighted by molar-refractivity contribution is 5.70. The van der Waals surface area contributed by atoms with E-state index in [9.17, 15) is 4.79 Å². The van der Waals surface area contributed by atoms with Gasteiger partial charge in [0.2, 0.25) is 0 Å². The van der Waals surface area contributed by atoms with Crippen LogP contribution < -0.4 is 0 Å². The second-order valence-electron chi connectivity index (χ2n) is 4.24. The smallest absolute Gasteiger partial charge is 0.307 e. The topological polar surface area (TPSA) is 37.3 Å². The van der Waals surface area contributed by atoms with Crippen molar-refractivity contribution in [1.29, 1.82) is 0 Å². The fourth-order valence-corrected chi connectivity index (χ4v) is 1.55. The molecular weight excluding hydrogens is 200 g/mol. The Kier molecular flexibility index (Phi) is 4.77. The third-order valence-electron chi connectivity index (χ3n) is 2.48. The minimum atomic E-state index is -0.721. The molecule has 0 saturated carbocycles. The highest BCUT2D eigenvalue weighted by atomic mass is 16.4. The van der Waals surface area contributed by atoms with Crippen LogP contribution in [0, 0.1) is 5.92 Å². The van der Waals surface area contributed by atoms with Gasteiger partial charge in [0.15, 0.2) is 0 Å². The number of hydrogen-bond acceptors (Lipinski definition) is 1. The zero-order chi connectivity index (χ0) is 12.0. The van der Waals surface area contributed by atoms with E-state index in [1.807, 2.05) is 50.3 Å². The van der Waals surface area contributed by atoms with Gasteiger partial charge in [-0.05, 0) is 32.3 Å². The summed E-state index contributed by atoms with van der Waals surface area (Å²) in [5.41, 5.74) is 2.25. The molecule has 1 N–H and O–H groups in total. The number of rotatable bonds is 5. The Morgan fingerprint density at radius 2 is 1.94 bits per heavy atom. The SMILES string of the molecule is CC(C)=CC[C@H](Cc1ccccc1)C(=O)O. The van der Waals surface area contributed by atoms with Gasteiger partial charge in [0.1, 0.15) is 0 Å². The lowest BCUT2D eigenvalue weighted by atomic mass is 9.95. The zero-order valence-electron chi connectivity index (χ0n) is 9.81. The Balaban J connectivity index is 2.66. The molecule has 0 radical (unpaired) electrons. The van der Waals surface area contributed by atoms with Gasteiger partial charge in [-0.2, -0.15) is 0 Å². The lowest BCUT2D eigenvalue weighted by Crippen LogP contribution is -2.15. The molecule has 1 atom stereocenters. The molecule has 1 aromatic carbocycles. The van der Waals surface area contributed by atoms with Crippen molar-refractivity contribution in [3.05, 3.63) is 47.5 Å². The van der Waals surface area contributed by atoms with E-state index in [1.165, 1.54) is 5.57 Å². The van der Waals surface area contributed by atoms with Gasteiger partial charge in [-0.15, -0.1) is 0 Å². The molecule has 86 valence electrons. The summed E-state index contributed by atoms with van der Waals surface area (Å²) < 4.78 is 0. The fraction of sp³-hybridized carbons (Fsp3) is 0.357. The minimum Gasteiger partial charge on any atom is -0.481 e. The summed E-state index contributed by atoms with van der Waals surface area (Å²) in [7, 11) is 0. The van der Waals surface area contributed by atoms with E-state index in [2.05, 4.69) is 0 Å². The largest absolute Gasteiger partial charge is 0.481 e. The summed E-state index contributed by atoms with van der Waals surface area (Å²) in [5, 5.41) is 9.12. The van der Waals surface area contributed by atoms with Crippen LogP contribution in [0.1, 0.15) is 25.8 Å². The Labute approximate surface area is 96.6 Å². The number of carboxylic acids is 1. The quantitative estimate of drug-likeness (QED) is 0.770. The van der Waals surface area contributed by atoms with Gasteiger partial charge in [-0.25, -0.2) is 0 Å². The highest BCUT2D eigenvalue weighted by Crippen LogP contribution is 2.14. The van der Waals surface area contributed by atoms with Crippen molar-refractivity contribution in [1.82, 2.24) is 0 Å². The van der Waals surface area contributed by atoms with Crippen LogP contribution in [0.5, 0.6) is 0 Å². The van der Waals surface area contributed by atoms with Crippen LogP contribution in [0.25, 0.3) is 0 Å². The average Bonchev–Trinajstić information content (AvgIpc) is 2.25. The Morgan fingerprint density at radius 3 is 2.44 bits per heavy atom. The van der Waals surface area contributed by atoms with Gasteiger partial charge in [-0.3, -0.25) is 4.79 Å². The predicted octanol–water partition coefficient (Wildman–Crippen LogP) is 3.29. The molecular formula is C14H18O2. The summed E-state index contributed by atoms with van der Waals surface area (Å²) in [5.74, 6) is -1.04. The molecule has 0 heterocycles. The first kappa shape index (κ1) is 12.5. The van der Waals surface area contributed by atoms with Gasteiger partial charge in [0, 0.05) is 0 Å². The summed E-state index contributed by atoms with van der Waals surface area (Å²) in [6.07, 6.45) is 3.19. The van der Waals surface area contributed by atoms with Crippen LogP contribution in [0.4, 0.5) is 0 Å². The lowest BCUT2D eigenvalue weighted by molar-refractivity contribution is -0.141. The molecule has 16 heavy (non-hydrogen) atoms. The maximum Gasteiger partial charge on any atom is 0.307 e. The lowest BCUT2D eigenvalue weighted by Gasteiger charge is -2.10. The van der Waals surface area contributed by atoms with Gasteiger partial charge < -0.3 is 5.11 Å². The minimum absolute atomic E-state index is 0.322. The van der Waals surface area contributed by atoms with Crippen molar-refractivity contribution in [2.24, 2.45) is 5.92 Å². The molecule has 1 rings (SSSR count). The van der Waals surface area contributed by atoms with Crippen LogP contribution in [-0.2, 0) is 11.2 Å². The molecule has 0 aliphatic heterocycles. The molecule has 0 spiro atoms. The number of hydrogen-bond donors (Lipinski definition) is 1. The third-order valence-corrected chi connectivity index (χ3v) is 2.48.